The highest BCUT2D eigenvalue weighted by Gasteiger charge is 2.24. The van der Waals surface area contributed by atoms with Crippen LogP contribution >= 0.6 is 11.5 Å². The van der Waals surface area contributed by atoms with Crippen LogP contribution in [-0.2, 0) is 13.0 Å². The molecule has 1 aliphatic heterocycles. The molecule has 0 aromatic carbocycles. The topological polar surface area (TPSA) is 67.2 Å². The summed E-state index contributed by atoms with van der Waals surface area (Å²) in [5, 5.41) is 3.92. The fourth-order valence-corrected chi connectivity index (χ4v) is 3.48. The number of imidazole rings is 1. The molecule has 0 saturated carbocycles. The molecule has 1 aliphatic rings. The summed E-state index contributed by atoms with van der Waals surface area (Å²) < 4.78 is 6.06. The van der Waals surface area contributed by atoms with Crippen LogP contribution in [0.2, 0.25) is 0 Å². The molecule has 8 heteroatoms. The van der Waals surface area contributed by atoms with Crippen molar-refractivity contribution < 1.29 is 4.79 Å². The van der Waals surface area contributed by atoms with Crippen LogP contribution in [-0.4, -0.2) is 67.6 Å². The largest absolute Gasteiger partial charge is 0.335 e. The second-order valence-electron chi connectivity index (χ2n) is 5.71. The van der Waals surface area contributed by atoms with Gasteiger partial charge >= 0.3 is 0 Å². The molecule has 124 valence electrons. The van der Waals surface area contributed by atoms with Crippen molar-refractivity contribution >= 4 is 17.4 Å². The van der Waals surface area contributed by atoms with Crippen LogP contribution in [0, 0.1) is 6.92 Å². The number of amides is 1. The summed E-state index contributed by atoms with van der Waals surface area (Å²) in [6.45, 7) is 9.26. The first-order valence-corrected chi connectivity index (χ1v) is 8.77. The minimum atomic E-state index is 0.0695. The number of nitrogens with zero attached hydrogens (tertiary/aromatic N) is 6. The van der Waals surface area contributed by atoms with Gasteiger partial charge in [0.1, 0.15) is 10.7 Å². The number of aromatic nitrogens is 4. The quantitative estimate of drug-likeness (QED) is 0.818. The summed E-state index contributed by atoms with van der Waals surface area (Å²) in [6, 6.07) is 0. The van der Waals surface area contributed by atoms with Crippen molar-refractivity contribution in [3.05, 3.63) is 28.8 Å². The van der Waals surface area contributed by atoms with Crippen molar-refractivity contribution in [2.45, 2.75) is 26.8 Å². The number of hydrogen-bond acceptors (Lipinski definition) is 6. The van der Waals surface area contributed by atoms with Gasteiger partial charge in [-0.25, -0.2) is 4.98 Å². The molecule has 23 heavy (non-hydrogen) atoms. The molecule has 0 aliphatic carbocycles. The zero-order valence-electron chi connectivity index (χ0n) is 13.6. The van der Waals surface area contributed by atoms with Gasteiger partial charge in [-0.1, -0.05) is 11.4 Å². The Kier molecular flexibility index (Phi) is 5.02. The number of rotatable bonds is 5. The van der Waals surface area contributed by atoms with E-state index < -0.39 is 0 Å². The van der Waals surface area contributed by atoms with E-state index >= 15 is 0 Å². The molecule has 3 heterocycles. The van der Waals surface area contributed by atoms with Gasteiger partial charge in [0.05, 0.1) is 5.69 Å². The van der Waals surface area contributed by atoms with Gasteiger partial charge in [-0.2, -0.15) is 0 Å². The minimum absolute atomic E-state index is 0.0695. The molecule has 0 unspecified atom stereocenters. The van der Waals surface area contributed by atoms with E-state index in [0.717, 1.165) is 57.2 Å². The SMILES string of the molecule is CCc1nccn1CCN1CCN(C(=O)c2snnc2C)CC1. The van der Waals surface area contributed by atoms with E-state index in [1.807, 2.05) is 24.2 Å². The first kappa shape index (κ1) is 16.1. The van der Waals surface area contributed by atoms with Crippen LogP contribution in [0.25, 0.3) is 0 Å². The molecule has 1 saturated heterocycles. The summed E-state index contributed by atoms with van der Waals surface area (Å²) in [5.74, 6) is 1.20. The number of aryl methyl sites for hydroxylation is 2. The monoisotopic (exact) mass is 334 g/mol. The average molecular weight is 334 g/mol. The van der Waals surface area contributed by atoms with Crippen molar-refractivity contribution in [1.29, 1.82) is 0 Å². The molecule has 2 aromatic rings. The predicted octanol–water partition coefficient (Wildman–Crippen LogP) is 1.06. The smallest absolute Gasteiger partial charge is 0.267 e. The molecule has 0 spiro atoms. The van der Waals surface area contributed by atoms with Crippen molar-refractivity contribution in [3.63, 3.8) is 0 Å². The third kappa shape index (κ3) is 3.59. The van der Waals surface area contributed by atoms with Gasteiger partial charge in [0.2, 0.25) is 0 Å². The van der Waals surface area contributed by atoms with Crippen LogP contribution in [0.1, 0.15) is 28.1 Å². The molecule has 0 radical (unpaired) electrons. The maximum absolute atomic E-state index is 12.4. The van der Waals surface area contributed by atoms with E-state index in [1.54, 1.807) is 0 Å². The van der Waals surface area contributed by atoms with E-state index in [4.69, 9.17) is 0 Å². The lowest BCUT2D eigenvalue weighted by Crippen LogP contribution is -2.49. The van der Waals surface area contributed by atoms with Crippen LogP contribution in [0.5, 0.6) is 0 Å². The van der Waals surface area contributed by atoms with Crippen molar-refractivity contribution in [2.75, 3.05) is 32.7 Å². The summed E-state index contributed by atoms with van der Waals surface area (Å²) in [5.41, 5.74) is 0.731. The predicted molar refractivity (Wildman–Crippen MR) is 88.6 cm³/mol. The Bertz CT molecular complexity index is 658. The first-order valence-electron chi connectivity index (χ1n) is 7.99. The molecule has 2 aromatic heterocycles. The molecule has 1 amide bonds. The van der Waals surface area contributed by atoms with Crippen molar-refractivity contribution in [1.82, 2.24) is 28.9 Å². The van der Waals surface area contributed by atoms with Crippen LogP contribution in [0.15, 0.2) is 12.4 Å². The van der Waals surface area contributed by atoms with Gasteiger partial charge in [-0.05, 0) is 18.5 Å². The van der Waals surface area contributed by atoms with Crippen LogP contribution in [0.3, 0.4) is 0 Å². The normalized spacial score (nSPS) is 16.0. The molecular weight excluding hydrogens is 312 g/mol. The highest BCUT2D eigenvalue weighted by atomic mass is 32.1. The van der Waals surface area contributed by atoms with E-state index in [9.17, 15) is 4.79 Å². The van der Waals surface area contributed by atoms with Crippen LogP contribution < -0.4 is 0 Å². The minimum Gasteiger partial charge on any atom is -0.335 e. The zero-order chi connectivity index (χ0) is 16.2. The fraction of sp³-hybridized carbons (Fsp3) is 0.600. The molecule has 0 N–H and O–H groups in total. The molecule has 1 fully saturated rings. The Labute approximate surface area is 140 Å². The Morgan fingerprint density at radius 3 is 2.70 bits per heavy atom. The zero-order valence-corrected chi connectivity index (χ0v) is 14.4. The molecular formula is C15H22N6OS. The molecule has 7 nitrogen and oxygen atoms in total. The third-order valence-corrected chi connectivity index (χ3v) is 5.10. The van der Waals surface area contributed by atoms with Gasteiger partial charge in [0.25, 0.3) is 5.91 Å². The fourth-order valence-electron chi connectivity index (χ4n) is 2.85. The number of carbonyl (C=O) groups excluding carboxylic acids is 1. The standard InChI is InChI=1S/C15H22N6OS/c1-3-13-16-4-5-20(13)9-6-19-7-10-21(11-8-19)15(22)14-12(2)17-18-23-14/h4-5H,3,6-11H2,1-2H3. The van der Waals surface area contributed by atoms with Gasteiger partial charge in [-0.3, -0.25) is 9.69 Å². The Morgan fingerprint density at radius 2 is 2.04 bits per heavy atom. The first-order chi connectivity index (χ1) is 11.2. The summed E-state index contributed by atoms with van der Waals surface area (Å²) in [4.78, 5) is 21.8. The maximum Gasteiger partial charge on any atom is 0.267 e. The Balaban J connectivity index is 1.49. The van der Waals surface area contributed by atoms with Gasteiger partial charge < -0.3 is 9.47 Å². The second-order valence-corrected chi connectivity index (χ2v) is 6.47. The van der Waals surface area contributed by atoms with E-state index in [0.29, 0.717) is 4.88 Å². The number of carbonyl (C=O) groups is 1. The molecule has 0 atom stereocenters. The lowest BCUT2D eigenvalue weighted by atomic mass is 10.2. The Hall–Kier alpha value is -1.80. The summed E-state index contributed by atoms with van der Waals surface area (Å²) in [7, 11) is 0. The summed E-state index contributed by atoms with van der Waals surface area (Å²) in [6.07, 6.45) is 4.86. The lowest BCUT2D eigenvalue weighted by molar-refractivity contribution is 0.0637. The van der Waals surface area contributed by atoms with E-state index in [1.165, 1.54) is 11.5 Å². The van der Waals surface area contributed by atoms with Crippen LogP contribution in [0.4, 0.5) is 0 Å². The Morgan fingerprint density at radius 1 is 1.26 bits per heavy atom. The maximum atomic E-state index is 12.4. The van der Waals surface area contributed by atoms with Crippen molar-refractivity contribution in [2.24, 2.45) is 0 Å². The van der Waals surface area contributed by atoms with Gasteiger partial charge in [0.15, 0.2) is 0 Å². The summed E-state index contributed by atoms with van der Waals surface area (Å²) >= 11 is 1.19. The second kappa shape index (κ2) is 7.18. The van der Waals surface area contributed by atoms with Gasteiger partial charge in [-0.15, -0.1) is 5.10 Å². The van der Waals surface area contributed by atoms with E-state index in [2.05, 4.69) is 31.0 Å². The number of hydrogen-bond donors (Lipinski definition) is 0. The molecule has 0 bridgehead atoms. The third-order valence-electron chi connectivity index (χ3n) is 4.28. The van der Waals surface area contributed by atoms with Gasteiger partial charge in [0, 0.05) is 58.1 Å². The average Bonchev–Trinajstić information content (AvgIpc) is 3.21. The van der Waals surface area contributed by atoms with E-state index in [-0.39, 0.29) is 5.91 Å². The molecule has 3 rings (SSSR count). The van der Waals surface area contributed by atoms with Crippen molar-refractivity contribution in [3.8, 4) is 0 Å². The lowest BCUT2D eigenvalue weighted by Gasteiger charge is -2.34. The highest BCUT2D eigenvalue weighted by Crippen LogP contribution is 2.14. The highest BCUT2D eigenvalue weighted by molar-refractivity contribution is 7.07. The number of piperazine rings is 1.